The van der Waals surface area contributed by atoms with Crippen molar-refractivity contribution in [1.82, 2.24) is 0 Å². The minimum Gasteiger partial charge on any atom is -0.430 e. The number of carbonyl (C=O) groups is 1. The lowest BCUT2D eigenvalue weighted by molar-refractivity contribution is -0.207. The molecule has 0 radical (unpaired) electrons. The molecule has 2 N–H and O–H groups in total. The number of hydrazine groups is 1. The Labute approximate surface area is 98.7 Å². The van der Waals surface area contributed by atoms with Gasteiger partial charge in [-0.1, -0.05) is 11.6 Å². The van der Waals surface area contributed by atoms with Gasteiger partial charge in [-0.25, -0.2) is 15.6 Å². The summed E-state index contributed by atoms with van der Waals surface area (Å²) in [6, 6.07) is 3.64. The van der Waals surface area contributed by atoms with E-state index in [0.29, 0.717) is 5.01 Å². The second-order valence-corrected chi connectivity index (χ2v) is 3.81. The summed E-state index contributed by atoms with van der Waals surface area (Å²) >= 11 is 5.61. The van der Waals surface area contributed by atoms with Crippen LogP contribution in [0.2, 0.25) is 5.02 Å². The Morgan fingerprint density at radius 1 is 1.41 bits per heavy atom. The van der Waals surface area contributed by atoms with Gasteiger partial charge in [0.2, 0.25) is 6.10 Å². The molecule has 1 aliphatic heterocycles. The number of benzene rings is 1. The average molecular weight is 267 g/mol. The number of amides is 1. The fourth-order valence-corrected chi connectivity index (χ4v) is 1.70. The molecule has 0 aliphatic carbocycles. The number of rotatable bonds is 0. The third-order valence-electron chi connectivity index (χ3n) is 2.24. The van der Waals surface area contributed by atoms with Crippen LogP contribution >= 0.6 is 11.6 Å². The lowest BCUT2D eigenvalue weighted by atomic mass is 10.1. The molecular weight excluding hydrogens is 261 g/mol. The fourth-order valence-electron chi connectivity index (χ4n) is 1.52. The summed E-state index contributed by atoms with van der Waals surface area (Å²) < 4.78 is 42.2. The molecule has 0 bridgehead atoms. The first-order chi connectivity index (χ1) is 7.80. The SMILES string of the molecule is NN1C(=O)O[C@H](C(F)(F)F)c2cc(Cl)ccc21. The Kier molecular flexibility index (Phi) is 2.67. The summed E-state index contributed by atoms with van der Waals surface area (Å²) in [5.74, 6) is 5.29. The summed E-state index contributed by atoms with van der Waals surface area (Å²) in [6.45, 7) is 0. The van der Waals surface area contributed by atoms with Crippen molar-refractivity contribution < 1.29 is 22.7 Å². The van der Waals surface area contributed by atoms with E-state index < -0.39 is 18.4 Å². The molecule has 8 heteroatoms. The maximum atomic E-state index is 12.7. The van der Waals surface area contributed by atoms with Gasteiger partial charge in [-0.15, -0.1) is 0 Å². The molecule has 0 aromatic heterocycles. The van der Waals surface area contributed by atoms with E-state index in [-0.39, 0.29) is 16.3 Å². The highest BCUT2D eigenvalue weighted by Crippen LogP contribution is 2.43. The van der Waals surface area contributed by atoms with Gasteiger partial charge < -0.3 is 4.74 Å². The molecule has 1 amide bonds. The average Bonchev–Trinajstić information content (AvgIpc) is 2.21. The van der Waals surface area contributed by atoms with Gasteiger partial charge in [0, 0.05) is 10.6 Å². The summed E-state index contributed by atoms with van der Waals surface area (Å²) in [6.07, 6.45) is -8.32. The van der Waals surface area contributed by atoms with Gasteiger partial charge in [0.15, 0.2) is 0 Å². The molecule has 0 spiro atoms. The maximum absolute atomic E-state index is 12.7. The van der Waals surface area contributed by atoms with Gasteiger partial charge >= 0.3 is 12.3 Å². The molecule has 0 saturated heterocycles. The fraction of sp³-hybridized carbons (Fsp3) is 0.222. The minimum absolute atomic E-state index is 0.0759. The van der Waals surface area contributed by atoms with E-state index in [1.165, 1.54) is 12.1 Å². The van der Waals surface area contributed by atoms with Gasteiger partial charge in [0.25, 0.3) is 0 Å². The van der Waals surface area contributed by atoms with Crippen LogP contribution in [0, 0.1) is 0 Å². The van der Waals surface area contributed by atoms with Gasteiger partial charge in [0.05, 0.1) is 5.69 Å². The standard InChI is InChI=1S/C9H6ClF3N2O2/c10-4-1-2-6-5(3-4)7(9(11,12)13)17-8(16)15(6)14/h1-3,7H,14H2/t7-/m0/s1. The summed E-state index contributed by atoms with van der Waals surface area (Å²) in [5, 5.41) is 0.609. The number of hydrogen-bond donors (Lipinski definition) is 1. The number of fused-ring (bicyclic) bond motifs is 1. The topological polar surface area (TPSA) is 55.6 Å². The molecular formula is C9H6ClF3N2O2. The highest BCUT2D eigenvalue weighted by molar-refractivity contribution is 6.30. The molecule has 1 aliphatic rings. The first kappa shape index (κ1) is 12.0. The van der Waals surface area contributed by atoms with Gasteiger partial charge in [-0.05, 0) is 18.2 Å². The lowest BCUT2D eigenvalue weighted by Gasteiger charge is -2.31. The van der Waals surface area contributed by atoms with E-state index in [2.05, 4.69) is 4.74 Å². The molecule has 1 aromatic rings. The van der Waals surface area contributed by atoms with E-state index in [4.69, 9.17) is 17.4 Å². The van der Waals surface area contributed by atoms with Crippen LogP contribution in [0.25, 0.3) is 0 Å². The largest absolute Gasteiger partial charge is 0.430 e. The molecule has 1 heterocycles. The number of halogens is 4. The second-order valence-electron chi connectivity index (χ2n) is 3.38. The Balaban J connectivity index is 2.58. The molecule has 0 unspecified atom stereocenters. The zero-order valence-corrected chi connectivity index (χ0v) is 8.92. The Hall–Kier alpha value is -1.47. The molecule has 4 nitrogen and oxygen atoms in total. The van der Waals surface area contributed by atoms with Crippen LogP contribution in [0.4, 0.5) is 23.7 Å². The number of nitrogens with two attached hydrogens (primary N) is 1. The smallest absolute Gasteiger partial charge is 0.430 e. The molecule has 17 heavy (non-hydrogen) atoms. The van der Waals surface area contributed by atoms with E-state index in [9.17, 15) is 18.0 Å². The Bertz CT molecular complexity index is 478. The first-order valence-corrected chi connectivity index (χ1v) is 4.80. The van der Waals surface area contributed by atoms with E-state index >= 15 is 0 Å². The van der Waals surface area contributed by atoms with Crippen LogP contribution in [0.5, 0.6) is 0 Å². The number of hydrogen-bond acceptors (Lipinski definition) is 3. The predicted molar refractivity (Wildman–Crippen MR) is 53.4 cm³/mol. The molecule has 0 fully saturated rings. The second kappa shape index (κ2) is 3.78. The van der Waals surface area contributed by atoms with Crippen LogP contribution in [0.15, 0.2) is 18.2 Å². The summed E-state index contributed by atoms with van der Waals surface area (Å²) in [4.78, 5) is 11.1. The lowest BCUT2D eigenvalue weighted by Crippen LogP contribution is -2.45. The zero-order valence-electron chi connectivity index (χ0n) is 8.16. The van der Waals surface area contributed by atoms with E-state index in [1.54, 1.807) is 0 Å². The van der Waals surface area contributed by atoms with Crippen molar-refractivity contribution in [2.24, 2.45) is 5.84 Å². The van der Waals surface area contributed by atoms with Crippen molar-refractivity contribution in [2.45, 2.75) is 12.3 Å². The van der Waals surface area contributed by atoms with Crippen LogP contribution < -0.4 is 10.9 Å². The normalized spacial score (nSPS) is 19.9. The van der Waals surface area contributed by atoms with Crippen molar-refractivity contribution in [1.29, 1.82) is 0 Å². The number of carbonyl (C=O) groups excluding carboxylic acids is 1. The van der Waals surface area contributed by atoms with Crippen LogP contribution in [0.1, 0.15) is 11.7 Å². The van der Waals surface area contributed by atoms with Crippen molar-refractivity contribution in [2.75, 3.05) is 5.01 Å². The molecule has 92 valence electrons. The van der Waals surface area contributed by atoms with E-state index in [0.717, 1.165) is 6.07 Å². The quantitative estimate of drug-likeness (QED) is 0.580. The predicted octanol–water partition coefficient (Wildman–Crippen LogP) is 2.77. The molecule has 1 aromatic carbocycles. The highest BCUT2D eigenvalue weighted by atomic mass is 35.5. The van der Waals surface area contributed by atoms with Gasteiger partial charge in [0.1, 0.15) is 0 Å². The maximum Gasteiger partial charge on any atom is 0.430 e. The molecule has 1 atom stereocenters. The van der Waals surface area contributed by atoms with Gasteiger partial charge in [-0.3, -0.25) is 0 Å². The highest BCUT2D eigenvalue weighted by Gasteiger charge is 2.49. The molecule has 2 rings (SSSR count). The monoisotopic (exact) mass is 266 g/mol. The number of ether oxygens (including phenoxy) is 1. The number of cyclic esters (lactones) is 1. The number of nitrogens with zero attached hydrogens (tertiary/aromatic N) is 1. The Morgan fingerprint density at radius 2 is 2.06 bits per heavy atom. The summed E-state index contributed by atoms with van der Waals surface area (Å²) in [5.41, 5.74) is -0.361. The van der Waals surface area contributed by atoms with Crippen molar-refractivity contribution >= 4 is 23.4 Å². The van der Waals surface area contributed by atoms with Gasteiger partial charge in [-0.2, -0.15) is 13.2 Å². The minimum atomic E-state index is -4.71. The van der Waals surface area contributed by atoms with Crippen molar-refractivity contribution in [3.05, 3.63) is 28.8 Å². The first-order valence-electron chi connectivity index (χ1n) is 4.42. The zero-order chi connectivity index (χ0) is 12.8. The van der Waals surface area contributed by atoms with Crippen LogP contribution in [-0.2, 0) is 4.74 Å². The third kappa shape index (κ3) is 2.03. The van der Waals surface area contributed by atoms with E-state index in [1.807, 2.05) is 0 Å². The number of anilines is 1. The van der Waals surface area contributed by atoms with Crippen LogP contribution in [-0.4, -0.2) is 12.3 Å². The number of alkyl halides is 3. The van der Waals surface area contributed by atoms with Crippen molar-refractivity contribution in [3.63, 3.8) is 0 Å². The molecule has 0 saturated carbocycles. The Morgan fingerprint density at radius 3 is 2.65 bits per heavy atom. The van der Waals surface area contributed by atoms with Crippen LogP contribution in [0.3, 0.4) is 0 Å². The van der Waals surface area contributed by atoms with Crippen molar-refractivity contribution in [3.8, 4) is 0 Å². The third-order valence-corrected chi connectivity index (χ3v) is 2.48. The summed E-state index contributed by atoms with van der Waals surface area (Å²) in [7, 11) is 0.